The van der Waals surface area contributed by atoms with Gasteiger partial charge in [-0.05, 0) is 12.5 Å². The Morgan fingerprint density at radius 3 is 2.29 bits per heavy atom. The molecule has 10 nitrogen and oxygen atoms in total. The van der Waals surface area contributed by atoms with Crippen LogP contribution in [0, 0.1) is 0 Å². The Labute approximate surface area is 159 Å². The van der Waals surface area contributed by atoms with Crippen molar-refractivity contribution in [3.8, 4) is 0 Å². The van der Waals surface area contributed by atoms with E-state index in [1.807, 2.05) is 0 Å². The van der Waals surface area contributed by atoms with Crippen molar-refractivity contribution in [3.05, 3.63) is 62.3 Å². The summed E-state index contributed by atoms with van der Waals surface area (Å²) in [6.07, 6.45) is 0. The number of imide groups is 1. The molecule has 0 aliphatic carbocycles. The predicted molar refractivity (Wildman–Crippen MR) is 99.7 cm³/mol. The first-order valence-corrected chi connectivity index (χ1v) is 8.38. The van der Waals surface area contributed by atoms with Crippen LogP contribution in [0.4, 0.5) is 10.6 Å². The molecule has 0 bridgehead atoms. The van der Waals surface area contributed by atoms with Gasteiger partial charge in [-0.1, -0.05) is 30.3 Å². The fourth-order valence-electron chi connectivity index (χ4n) is 3.15. The minimum atomic E-state index is -1.33. The number of hydrogen-bond acceptors (Lipinski definition) is 6. The number of nitrogen functional groups attached to an aromatic ring is 1. The number of aromatic nitrogens is 2. The highest BCUT2D eigenvalue weighted by molar-refractivity contribution is 6.12. The molecule has 0 saturated carbocycles. The van der Waals surface area contributed by atoms with Gasteiger partial charge in [0.25, 0.3) is 11.5 Å². The van der Waals surface area contributed by atoms with Crippen LogP contribution in [0.5, 0.6) is 0 Å². The molecule has 1 aliphatic heterocycles. The SMILES string of the molecule is Cn1c(N)c(C(=O)CN2C(=O)NC(C)(c3ccccc3)C2=O)c(=O)n(C)c1=O. The van der Waals surface area contributed by atoms with Crippen LogP contribution in [-0.4, -0.2) is 38.3 Å². The zero-order valence-corrected chi connectivity index (χ0v) is 15.6. The van der Waals surface area contributed by atoms with Crippen molar-refractivity contribution in [2.24, 2.45) is 14.1 Å². The molecule has 3 rings (SSSR count). The van der Waals surface area contributed by atoms with Gasteiger partial charge in [0, 0.05) is 14.1 Å². The lowest BCUT2D eigenvalue weighted by Gasteiger charge is -2.22. The van der Waals surface area contributed by atoms with E-state index in [1.165, 1.54) is 21.0 Å². The Bertz CT molecular complexity index is 1120. The second kappa shape index (κ2) is 6.48. The van der Waals surface area contributed by atoms with Crippen LogP contribution in [0.25, 0.3) is 0 Å². The van der Waals surface area contributed by atoms with Crippen LogP contribution in [0.3, 0.4) is 0 Å². The third kappa shape index (κ3) is 2.70. The molecule has 1 aromatic heterocycles. The summed E-state index contributed by atoms with van der Waals surface area (Å²) in [7, 11) is 2.52. The average molecular weight is 385 g/mol. The predicted octanol–water partition coefficient (Wildman–Crippen LogP) is -0.684. The van der Waals surface area contributed by atoms with E-state index >= 15 is 0 Å². The molecule has 1 fully saturated rings. The van der Waals surface area contributed by atoms with E-state index in [-0.39, 0.29) is 5.82 Å². The number of nitrogens with zero attached hydrogens (tertiary/aromatic N) is 3. The average Bonchev–Trinajstić information content (AvgIpc) is 2.90. The number of nitrogens with two attached hydrogens (primary N) is 1. The molecule has 2 heterocycles. The first-order valence-electron chi connectivity index (χ1n) is 8.38. The van der Waals surface area contributed by atoms with Crippen molar-refractivity contribution in [2.75, 3.05) is 12.3 Å². The number of amides is 3. The molecule has 1 saturated heterocycles. The first kappa shape index (κ1) is 19.1. The van der Waals surface area contributed by atoms with Gasteiger partial charge in [0.15, 0.2) is 5.78 Å². The number of nitrogens with one attached hydrogen (secondary N) is 1. The summed E-state index contributed by atoms with van der Waals surface area (Å²) in [4.78, 5) is 62.9. The van der Waals surface area contributed by atoms with Crippen LogP contribution in [-0.2, 0) is 24.4 Å². The Hall–Kier alpha value is -3.69. The molecule has 1 aliphatic rings. The largest absolute Gasteiger partial charge is 0.384 e. The molecule has 146 valence electrons. The molecule has 28 heavy (non-hydrogen) atoms. The molecule has 3 amide bonds. The monoisotopic (exact) mass is 385 g/mol. The van der Waals surface area contributed by atoms with Crippen molar-refractivity contribution in [1.29, 1.82) is 0 Å². The van der Waals surface area contributed by atoms with Gasteiger partial charge in [-0.25, -0.2) is 9.59 Å². The van der Waals surface area contributed by atoms with Crippen LogP contribution < -0.4 is 22.3 Å². The number of carbonyl (C=O) groups excluding carboxylic acids is 3. The first-order chi connectivity index (χ1) is 13.1. The fourth-order valence-corrected chi connectivity index (χ4v) is 3.15. The minimum Gasteiger partial charge on any atom is -0.384 e. The minimum absolute atomic E-state index is 0.323. The van der Waals surface area contributed by atoms with Crippen molar-refractivity contribution < 1.29 is 14.4 Å². The van der Waals surface area contributed by atoms with Crippen molar-refractivity contribution in [3.63, 3.8) is 0 Å². The number of ketones is 1. The Morgan fingerprint density at radius 2 is 1.68 bits per heavy atom. The molecule has 0 radical (unpaired) electrons. The van der Waals surface area contributed by atoms with Gasteiger partial charge in [0.05, 0.1) is 6.54 Å². The number of hydrogen-bond donors (Lipinski definition) is 2. The molecule has 1 atom stereocenters. The van der Waals surface area contributed by atoms with Crippen molar-refractivity contribution in [1.82, 2.24) is 19.4 Å². The molecule has 1 aromatic carbocycles. The lowest BCUT2D eigenvalue weighted by molar-refractivity contribution is -0.130. The normalized spacial score (nSPS) is 19.0. The second-order valence-electron chi connectivity index (χ2n) is 6.70. The van der Waals surface area contributed by atoms with E-state index in [9.17, 15) is 24.0 Å². The third-order valence-corrected chi connectivity index (χ3v) is 4.92. The maximum Gasteiger partial charge on any atom is 0.332 e. The number of urea groups is 1. The van der Waals surface area contributed by atoms with Crippen LogP contribution in [0.1, 0.15) is 22.8 Å². The Balaban J connectivity index is 1.97. The van der Waals surface area contributed by atoms with Gasteiger partial charge in [-0.2, -0.15) is 0 Å². The molecular formula is C18H19N5O5. The summed E-state index contributed by atoms with van der Waals surface area (Å²) in [5, 5.41) is 2.58. The van der Waals surface area contributed by atoms with Crippen LogP contribution in [0.2, 0.25) is 0 Å². The standard InChI is InChI=1S/C18H19N5O5/c1-18(10-7-5-4-6-8-10)15(26)23(16(27)20-18)9-11(24)12-13(19)21(2)17(28)22(3)14(12)25/h4-8H,9,19H2,1-3H3,(H,20,27). The molecule has 1 unspecified atom stereocenters. The third-order valence-electron chi connectivity index (χ3n) is 4.92. The maximum absolute atomic E-state index is 12.9. The van der Waals surface area contributed by atoms with Gasteiger partial charge < -0.3 is 11.1 Å². The summed E-state index contributed by atoms with van der Waals surface area (Å²) >= 11 is 0. The molecule has 2 aromatic rings. The zero-order chi connectivity index (χ0) is 20.8. The highest BCUT2D eigenvalue weighted by atomic mass is 16.2. The summed E-state index contributed by atoms with van der Waals surface area (Å²) in [5.41, 5.74) is 2.97. The number of carbonyl (C=O) groups is 3. The smallest absolute Gasteiger partial charge is 0.332 e. The van der Waals surface area contributed by atoms with Gasteiger partial charge in [-0.3, -0.25) is 28.4 Å². The van der Waals surface area contributed by atoms with E-state index < -0.39 is 46.6 Å². The Morgan fingerprint density at radius 1 is 1.07 bits per heavy atom. The summed E-state index contributed by atoms with van der Waals surface area (Å²) in [6, 6.07) is 7.83. The van der Waals surface area contributed by atoms with Crippen molar-refractivity contribution in [2.45, 2.75) is 12.5 Å². The summed E-state index contributed by atoms with van der Waals surface area (Å²) < 4.78 is 1.69. The molecule has 10 heteroatoms. The van der Waals surface area contributed by atoms with Gasteiger partial charge >= 0.3 is 11.7 Å². The second-order valence-corrected chi connectivity index (χ2v) is 6.70. The highest BCUT2D eigenvalue weighted by Crippen LogP contribution is 2.28. The highest BCUT2D eigenvalue weighted by Gasteiger charge is 2.49. The summed E-state index contributed by atoms with van der Waals surface area (Å²) in [6.45, 7) is 0.859. The number of Topliss-reactive ketones (excluding diaryl/α,β-unsaturated/α-hetero) is 1. The Kier molecular flexibility index (Phi) is 4.42. The van der Waals surface area contributed by atoms with E-state index in [0.717, 1.165) is 14.0 Å². The topological polar surface area (TPSA) is 136 Å². The lowest BCUT2D eigenvalue weighted by atomic mass is 9.92. The maximum atomic E-state index is 12.9. The van der Waals surface area contributed by atoms with Crippen LogP contribution in [0.15, 0.2) is 39.9 Å². The summed E-state index contributed by atoms with van der Waals surface area (Å²) in [5.74, 6) is -1.79. The van der Waals surface area contributed by atoms with Gasteiger partial charge in [0.2, 0.25) is 0 Å². The number of rotatable bonds is 4. The molecular weight excluding hydrogens is 366 g/mol. The number of benzene rings is 1. The van der Waals surface area contributed by atoms with E-state index in [1.54, 1.807) is 30.3 Å². The fraction of sp³-hybridized carbons (Fsp3) is 0.278. The quantitative estimate of drug-likeness (QED) is 0.528. The number of anilines is 1. The van der Waals surface area contributed by atoms with E-state index in [2.05, 4.69) is 5.32 Å². The lowest BCUT2D eigenvalue weighted by Crippen LogP contribution is -2.44. The van der Waals surface area contributed by atoms with E-state index in [0.29, 0.717) is 5.56 Å². The van der Waals surface area contributed by atoms with Gasteiger partial charge in [0.1, 0.15) is 16.9 Å². The van der Waals surface area contributed by atoms with E-state index in [4.69, 9.17) is 5.73 Å². The van der Waals surface area contributed by atoms with Gasteiger partial charge in [-0.15, -0.1) is 0 Å². The molecule has 3 N–H and O–H groups in total. The van der Waals surface area contributed by atoms with Crippen molar-refractivity contribution >= 4 is 23.5 Å². The zero-order valence-electron chi connectivity index (χ0n) is 15.6. The molecule has 0 spiro atoms. The van der Waals surface area contributed by atoms with Crippen LogP contribution >= 0.6 is 0 Å².